The summed E-state index contributed by atoms with van der Waals surface area (Å²) in [5, 5.41) is 2.70. The van der Waals surface area contributed by atoms with Gasteiger partial charge in [0.05, 0.1) is 12.0 Å². The number of hydrogen-bond donors (Lipinski definition) is 2. The molecule has 0 spiro atoms. The zero-order valence-electron chi connectivity index (χ0n) is 17.2. The Balaban J connectivity index is 1.43. The van der Waals surface area contributed by atoms with E-state index >= 15 is 0 Å². The molecule has 2 aromatic carbocycles. The van der Waals surface area contributed by atoms with Crippen LogP contribution >= 0.6 is 0 Å². The molecule has 0 saturated heterocycles. The molecule has 1 amide bonds. The third-order valence-electron chi connectivity index (χ3n) is 4.32. The van der Waals surface area contributed by atoms with Crippen LogP contribution < -0.4 is 19.5 Å². The summed E-state index contributed by atoms with van der Waals surface area (Å²) in [6.07, 6.45) is 1.53. The number of benzene rings is 2. The Bertz CT molecular complexity index is 1150. The van der Waals surface area contributed by atoms with Crippen LogP contribution in [0, 0.1) is 5.82 Å². The molecule has 0 aliphatic heterocycles. The van der Waals surface area contributed by atoms with Gasteiger partial charge in [0.15, 0.2) is 0 Å². The van der Waals surface area contributed by atoms with E-state index < -0.39 is 15.8 Å². The fourth-order valence-corrected chi connectivity index (χ4v) is 3.68. The monoisotopic (exact) mass is 459 g/mol. The Hall–Kier alpha value is -3.50. The van der Waals surface area contributed by atoms with E-state index in [2.05, 4.69) is 15.0 Å². The lowest BCUT2D eigenvalue weighted by molar-refractivity contribution is -0.121. The summed E-state index contributed by atoms with van der Waals surface area (Å²) < 4.78 is 50.3. The number of ether oxygens (including phenoxy) is 2. The van der Waals surface area contributed by atoms with Crippen LogP contribution in [-0.2, 0) is 21.4 Å². The average Bonchev–Trinajstić information content (AvgIpc) is 2.79. The zero-order valence-corrected chi connectivity index (χ0v) is 18.1. The number of amides is 1. The molecule has 168 valence electrons. The number of pyridine rings is 1. The fraction of sp³-hybridized carbons (Fsp3) is 0.182. The van der Waals surface area contributed by atoms with Crippen molar-refractivity contribution in [1.82, 2.24) is 15.0 Å². The first-order valence-corrected chi connectivity index (χ1v) is 11.1. The number of nitrogens with one attached hydrogen (secondary N) is 2. The lowest BCUT2D eigenvalue weighted by Gasteiger charge is -2.09. The van der Waals surface area contributed by atoms with E-state index in [1.807, 2.05) is 0 Å². The number of methoxy groups -OCH3 is 1. The van der Waals surface area contributed by atoms with Gasteiger partial charge >= 0.3 is 0 Å². The maximum Gasteiger partial charge on any atom is 0.240 e. The van der Waals surface area contributed by atoms with E-state index in [1.54, 1.807) is 49.7 Å². The van der Waals surface area contributed by atoms with Crippen molar-refractivity contribution in [2.45, 2.75) is 17.9 Å². The summed E-state index contributed by atoms with van der Waals surface area (Å²) in [4.78, 5) is 16.1. The average molecular weight is 459 g/mol. The maximum atomic E-state index is 12.9. The molecule has 0 fully saturated rings. The molecule has 0 bridgehead atoms. The topological polar surface area (TPSA) is 107 Å². The maximum absolute atomic E-state index is 12.9. The molecule has 32 heavy (non-hydrogen) atoms. The fourth-order valence-electron chi connectivity index (χ4n) is 2.65. The van der Waals surface area contributed by atoms with Crippen molar-refractivity contribution < 1.29 is 27.1 Å². The molecule has 3 aromatic rings. The van der Waals surface area contributed by atoms with E-state index in [9.17, 15) is 17.6 Å². The van der Waals surface area contributed by atoms with Crippen LogP contribution in [-0.4, -0.2) is 33.0 Å². The second-order valence-corrected chi connectivity index (χ2v) is 8.43. The molecule has 1 heterocycles. The first-order valence-electron chi connectivity index (χ1n) is 9.64. The molecular weight excluding hydrogens is 437 g/mol. The number of carbonyl (C=O) groups is 1. The minimum atomic E-state index is -3.80. The number of sulfonamides is 1. The number of nitrogens with zero attached hydrogens (tertiary/aromatic N) is 1. The van der Waals surface area contributed by atoms with E-state index in [-0.39, 0.29) is 30.3 Å². The van der Waals surface area contributed by atoms with Crippen molar-refractivity contribution in [3.8, 4) is 17.4 Å². The molecule has 1 aromatic heterocycles. The van der Waals surface area contributed by atoms with Gasteiger partial charge in [0, 0.05) is 37.8 Å². The highest BCUT2D eigenvalue weighted by molar-refractivity contribution is 7.89. The first kappa shape index (κ1) is 23.2. The minimum Gasteiger partial charge on any atom is -0.497 e. The van der Waals surface area contributed by atoms with E-state index in [4.69, 9.17) is 9.47 Å². The molecule has 0 unspecified atom stereocenters. The summed E-state index contributed by atoms with van der Waals surface area (Å²) in [5.74, 6) is 0.785. The molecule has 2 N–H and O–H groups in total. The Morgan fingerprint density at radius 3 is 2.50 bits per heavy atom. The van der Waals surface area contributed by atoms with Crippen LogP contribution in [0.4, 0.5) is 4.39 Å². The Kier molecular flexibility index (Phi) is 7.74. The highest BCUT2D eigenvalue weighted by Gasteiger charge is 2.14. The van der Waals surface area contributed by atoms with Crippen molar-refractivity contribution >= 4 is 15.9 Å². The molecule has 8 nitrogen and oxygen atoms in total. The van der Waals surface area contributed by atoms with E-state index in [0.29, 0.717) is 17.4 Å². The number of aromatic nitrogens is 1. The Labute approximate surface area is 185 Å². The van der Waals surface area contributed by atoms with Gasteiger partial charge in [-0.1, -0.05) is 12.1 Å². The number of halogens is 1. The summed E-state index contributed by atoms with van der Waals surface area (Å²) in [6, 6.07) is 15.0. The van der Waals surface area contributed by atoms with Crippen molar-refractivity contribution in [2.24, 2.45) is 0 Å². The van der Waals surface area contributed by atoms with Gasteiger partial charge in [-0.25, -0.2) is 22.5 Å². The standard InChI is InChI=1S/C22H22FN3O5S/c1-30-18-3-2-4-19(13-18)31-22-10-5-16(15-25-22)14-24-21(27)11-12-26-32(28,29)20-8-6-17(23)7-9-20/h2-10,13,15,26H,11-12,14H2,1H3,(H,24,27). The van der Waals surface area contributed by atoms with Crippen molar-refractivity contribution in [3.05, 3.63) is 78.2 Å². The lowest BCUT2D eigenvalue weighted by Crippen LogP contribution is -2.30. The highest BCUT2D eigenvalue weighted by Crippen LogP contribution is 2.23. The van der Waals surface area contributed by atoms with Gasteiger partial charge in [-0.3, -0.25) is 4.79 Å². The first-order chi connectivity index (χ1) is 15.4. The molecule has 10 heteroatoms. The summed E-state index contributed by atoms with van der Waals surface area (Å²) in [5.41, 5.74) is 0.753. The van der Waals surface area contributed by atoms with Gasteiger partial charge in [-0.2, -0.15) is 0 Å². The van der Waals surface area contributed by atoms with Crippen LogP contribution in [0.5, 0.6) is 17.4 Å². The van der Waals surface area contributed by atoms with Crippen molar-refractivity contribution in [1.29, 1.82) is 0 Å². The van der Waals surface area contributed by atoms with Crippen LogP contribution in [0.1, 0.15) is 12.0 Å². The van der Waals surface area contributed by atoms with Crippen molar-refractivity contribution in [2.75, 3.05) is 13.7 Å². The Morgan fingerprint density at radius 2 is 1.81 bits per heavy atom. The van der Waals surface area contributed by atoms with Gasteiger partial charge in [0.1, 0.15) is 17.3 Å². The third kappa shape index (κ3) is 6.76. The van der Waals surface area contributed by atoms with Crippen molar-refractivity contribution in [3.63, 3.8) is 0 Å². The second-order valence-electron chi connectivity index (χ2n) is 6.66. The molecule has 3 rings (SSSR count). The third-order valence-corrected chi connectivity index (χ3v) is 5.80. The van der Waals surface area contributed by atoms with Gasteiger partial charge in [0.25, 0.3) is 0 Å². The summed E-state index contributed by atoms with van der Waals surface area (Å²) in [6.45, 7) is 0.146. The van der Waals surface area contributed by atoms with Crippen LogP contribution in [0.25, 0.3) is 0 Å². The largest absolute Gasteiger partial charge is 0.497 e. The summed E-state index contributed by atoms with van der Waals surface area (Å²) >= 11 is 0. The SMILES string of the molecule is COc1cccc(Oc2ccc(CNC(=O)CCNS(=O)(=O)c3ccc(F)cc3)cn2)c1. The molecule has 0 aliphatic rings. The number of hydrogen-bond acceptors (Lipinski definition) is 6. The van der Waals surface area contributed by atoms with E-state index in [1.165, 1.54) is 0 Å². The lowest BCUT2D eigenvalue weighted by atomic mass is 10.2. The molecule has 0 atom stereocenters. The van der Waals surface area contributed by atoms with Crippen LogP contribution in [0.3, 0.4) is 0 Å². The highest BCUT2D eigenvalue weighted by atomic mass is 32.2. The molecule has 0 aliphatic carbocycles. The van der Waals surface area contributed by atoms with Gasteiger partial charge in [-0.05, 0) is 42.0 Å². The quantitative estimate of drug-likeness (QED) is 0.483. The number of carbonyl (C=O) groups excluding carboxylic acids is 1. The normalized spacial score (nSPS) is 11.1. The van der Waals surface area contributed by atoms with Gasteiger partial charge < -0.3 is 14.8 Å². The smallest absolute Gasteiger partial charge is 0.240 e. The Morgan fingerprint density at radius 1 is 1.06 bits per heavy atom. The van der Waals surface area contributed by atoms with Crippen LogP contribution in [0.15, 0.2) is 71.8 Å². The van der Waals surface area contributed by atoms with Gasteiger partial charge in [-0.15, -0.1) is 0 Å². The molecule has 0 saturated carbocycles. The minimum absolute atomic E-state index is 0.0507. The predicted molar refractivity (Wildman–Crippen MR) is 115 cm³/mol. The second kappa shape index (κ2) is 10.7. The molecular formula is C22H22FN3O5S. The van der Waals surface area contributed by atoms with Gasteiger partial charge in [0.2, 0.25) is 21.8 Å². The summed E-state index contributed by atoms with van der Waals surface area (Å²) in [7, 11) is -2.23. The molecule has 0 radical (unpaired) electrons. The number of rotatable bonds is 10. The predicted octanol–water partition coefficient (Wildman–Crippen LogP) is 3.01. The zero-order chi connectivity index (χ0) is 23.0. The van der Waals surface area contributed by atoms with E-state index in [0.717, 1.165) is 29.8 Å². The van der Waals surface area contributed by atoms with Crippen LogP contribution in [0.2, 0.25) is 0 Å².